The van der Waals surface area contributed by atoms with Crippen LogP contribution in [0.4, 0.5) is 0 Å². The van der Waals surface area contributed by atoms with E-state index in [0.29, 0.717) is 6.07 Å². The summed E-state index contributed by atoms with van der Waals surface area (Å²) in [6.07, 6.45) is -14.9. The van der Waals surface area contributed by atoms with E-state index in [-0.39, 0.29) is 17.4 Å². The van der Waals surface area contributed by atoms with E-state index in [1.807, 2.05) is 0 Å². The van der Waals surface area contributed by atoms with E-state index in [9.17, 15) is 49.8 Å². The first-order valence-corrected chi connectivity index (χ1v) is 11.9. The van der Waals surface area contributed by atoms with Crippen LogP contribution in [0.25, 0.3) is 10.8 Å². The van der Waals surface area contributed by atoms with E-state index >= 15 is 0 Å². The molecule has 0 saturated carbocycles. The van der Waals surface area contributed by atoms with Gasteiger partial charge in [-0.2, -0.15) is 0 Å². The molecule has 0 amide bonds. The minimum Gasteiger partial charge on any atom is -0.461 e. The average molecular weight is 548 g/mol. The molecule has 1 aromatic rings. The number of aliphatic hydroxyl groups excluding tert-OH is 6. The van der Waals surface area contributed by atoms with Gasteiger partial charge in [0.15, 0.2) is 17.1 Å². The van der Waals surface area contributed by atoms with Crippen molar-refractivity contribution >= 4 is 10.8 Å². The second kappa shape index (κ2) is 10.4. The zero-order valence-corrected chi connectivity index (χ0v) is 19.9. The molecule has 4 aliphatic rings. The van der Waals surface area contributed by atoms with Gasteiger partial charge in [-0.05, 0) is 0 Å². The quantitative estimate of drug-likeness (QED) is 0.165. The molecule has 2 aliphatic carbocycles. The number of aliphatic hydroxyl groups is 6. The van der Waals surface area contributed by atoms with Crippen LogP contribution in [-0.4, -0.2) is 99.2 Å². The zero-order valence-electron chi connectivity index (χ0n) is 19.9. The van der Waals surface area contributed by atoms with Crippen molar-refractivity contribution in [3.63, 3.8) is 0 Å². The number of benzene rings is 1. The molecule has 0 unspecified atom stereocenters. The molecule has 0 bridgehead atoms. The van der Waals surface area contributed by atoms with Crippen molar-refractivity contribution < 1.29 is 49.6 Å². The number of rotatable bonds is 5. The Bertz CT molecular complexity index is 1650. The van der Waals surface area contributed by atoms with Gasteiger partial charge in [0.2, 0.25) is 17.1 Å². The summed E-state index contributed by atoms with van der Waals surface area (Å²) in [6, 6.07) is 6.34. The summed E-state index contributed by atoms with van der Waals surface area (Å²) in [6.45, 7) is -0.942. The van der Waals surface area contributed by atoms with Crippen LogP contribution >= 0.6 is 0 Å². The highest BCUT2D eigenvalue weighted by Crippen LogP contribution is 2.26. The van der Waals surface area contributed by atoms with Gasteiger partial charge >= 0.3 is 0 Å². The summed E-state index contributed by atoms with van der Waals surface area (Å²) in [5, 5.41) is 59.3. The topological polar surface area (TPSA) is 227 Å². The van der Waals surface area contributed by atoms with Gasteiger partial charge in [-0.3, -0.25) is 19.2 Å². The average Bonchev–Trinajstić information content (AvgIpc) is 2.92. The van der Waals surface area contributed by atoms with Gasteiger partial charge in [0.05, 0.1) is 23.7 Å². The molecule has 2 saturated heterocycles. The lowest BCUT2D eigenvalue weighted by atomic mass is 9.99. The van der Waals surface area contributed by atoms with Crippen LogP contribution in [0, 0.1) is 10.4 Å². The normalized spacial score (nSPS) is 33.4. The fourth-order valence-electron chi connectivity index (χ4n) is 4.69. The molecule has 2 fully saturated rings. The van der Waals surface area contributed by atoms with Crippen LogP contribution in [0.5, 0.6) is 5.75 Å². The minimum absolute atomic E-state index is 0.0388. The Kier molecular flexibility index (Phi) is 7.32. The summed E-state index contributed by atoms with van der Waals surface area (Å²) in [7, 11) is 0. The van der Waals surface area contributed by atoms with Gasteiger partial charge in [-0.15, -0.1) is 0 Å². The number of hydrogen-bond donors (Lipinski definition) is 6. The van der Waals surface area contributed by atoms with E-state index in [2.05, 4.69) is 0 Å². The molecule has 6 N–H and O–H groups in total. The number of hydrogen-bond acceptors (Lipinski definition) is 14. The molecule has 9 atom stereocenters. The SMILES string of the molecule is O=c1cc(O[C@@H]2O[C@H](CO[C@H]3OC[C@@H](O)[C@H](O)[C@H]3O)[C@@H](O)[C@H](O)[C@H]2O)c2c(=O)c3ccccc3c(=O)c=2c1=O. The van der Waals surface area contributed by atoms with E-state index in [1.54, 1.807) is 0 Å². The van der Waals surface area contributed by atoms with Gasteiger partial charge in [0, 0.05) is 16.8 Å². The first-order chi connectivity index (χ1) is 18.5. The fourth-order valence-corrected chi connectivity index (χ4v) is 4.69. The third-order valence-electron chi connectivity index (χ3n) is 6.87. The molecule has 5 rings (SSSR count). The Labute approximate surface area is 216 Å². The summed E-state index contributed by atoms with van der Waals surface area (Å²) in [4.78, 5) is 51.2. The zero-order chi connectivity index (χ0) is 28.2. The van der Waals surface area contributed by atoms with Crippen molar-refractivity contribution in [2.24, 2.45) is 0 Å². The van der Waals surface area contributed by atoms with E-state index in [0.717, 1.165) is 0 Å². The highest BCUT2D eigenvalue weighted by molar-refractivity contribution is 5.82. The summed E-state index contributed by atoms with van der Waals surface area (Å²) >= 11 is 0. The first-order valence-electron chi connectivity index (χ1n) is 11.9. The third-order valence-corrected chi connectivity index (χ3v) is 6.87. The maximum atomic E-state index is 13.2. The van der Waals surface area contributed by atoms with Crippen LogP contribution in [0.15, 0.2) is 49.5 Å². The Morgan fingerprint density at radius 2 is 1.36 bits per heavy atom. The minimum atomic E-state index is -1.93. The van der Waals surface area contributed by atoms with Crippen LogP contribution in [-0.2, 0) is 14.2 Å². The van der Waals surface area contributed by atoms with E-state index < -0.39 is 99.8 Å². The van der Waals surface area contributed by atoms with E-state index in [4.69, 9.17) is 18.9 Å². The van der Waals surface area contributed by atoms with Crippen LogP contribution in [0.2, 0.25) is 0 Å². The van der Waals surface area contributed by atoms with Crippen molar-refractivity contribution in [3.8, 4) is 5.75 Å². The predicted molar refractivity (Wildman–Crippen MR) is 128 cm³/mol. The Hall–Kier alpha value is -3.18. The van der Waals surface area contributed by atoms with Crippen LogP contribution < -0.4 is 26.5 Å². The van der Waals surface area contributed by atoms with Gasteiger partial charge in [0.25, 0.3) is 0 Å². The van der Waals surface area contributed by atoms with Gasteiger partial charge in [0.1, 0.15) is 48.5 Å². The molecule has 208 valence electrons. The monoisotopic (exact) mass is 548 g/mol. The molecule has 14 heteroatoms. The molecule has 0 aromatic heterocycles. The van der Waals surface area contributed by atoms with Crippen LogP contribution in [0.1, 0.15) is 0 Å². The Morgan fingerprint density at radius 3 is 2.03 bits per heavy atom. The van der Waals surface area contributed by atoms with Crippen LogP contribution in [0.3, 0.4) is 0 Å². The summed E-state index contributed by atoms with van der Waals surface area (Å²) in [5.74, 6) is -0.557. The first kappa shape index (κ1) is 27.4. The van der Waals surface area contributed by atoms with Crippen molar-refractivity contribution in [2.45, 2.75) is 55.3 Å². The molecule has 0 spiro atoms. The number of ether oxygens (including phenoxy) is 4. The standard InChI is InChI=1S/C25H24O14/c26-10-5-12(14-15(18(10)30)17(29)9-4-2-1-3-8(9)16(14)28)38-25-23(35)21(33)20(32)13(39-25)7-37-24-22(34)19(31)11(27)6-36-24/h1-5,11,13,19-25,27,31-35H,6-7H2/t11-,13-,19+,20-,21+,22-,23-,24-,25-/m1/s1. The summed E-state index contributed by atoms with van der Waals surface area (Å²) < 4.78 is 21.5. The van der Waals surface area contributed by atoms with E-state index in [1.165, 1.54) is 24.3 Å². The molecular formula is C25H24O14. The molecular weight excluding hydrogens is 524 g/mol. The second-order valence-corrected chi connectivity index (χ2v) is 9.37. The van der Waals surface area contributed by atoms with Gasteiger partial charge < -0.3 is 49.6 Å². The predicted octanol–water partition coefficient (Wildman–Crippen LogP) is -4.48. The molecule has 14 nitrogen and oxygen atoms in total. The van der Waals surface area contributed by atoms with Crippen molar-refractivity contribution in [1.29, 1.82) is 0 Å². The lowest BCUT2D eigenvalue weighted by molar-refractivity contribution is -0.307. The molecule has 2 aliphatic heterocycles. The maximum Gasteiger partial charge on any atom is 0.237 e. The largest absolute Gasteiger partial charge is 0.461 e. The summed E-state index contributed by atoms with van der Waals surface area (Å²) in [5.41, 5.74) is -4.03. The molecule has 0 radical (unpaired) electrons. The maximum absolute atomic E-state index is 13.2. The highest BCUT2D eigenvalue weighted by Gasteiger charge is 2.46. The molecule has 39 heavy (non-hydrogen) atoms. The third kappa shape index (κ3) is 4.65. The molecule has 1 aromatic carbocycles. The molecule has 2 heterocycles. The Morgan fingerprint density at radius 1 is 0.744 bits per heavy atom. The van der Waals surface area contributed by atoms with Crippen molar-refractivity contribution in [3.05, 3.63) is 81.7 Å². The van der Waals surface area contributed by atoms with Gasteiger partial charge in [-0.1, -0.05) is 24.3 Å². The number of fused-ring (bicyclic) bond motifs is 1. The highest BCUT2D eigenvalue weighted by atomic mass is 16.7. The lowest BCUT2D eigenvalue weighted by Crippen LogP contribution is -2.61. The van der Waals surface area contributed by atoms with Crippen molar-refractivity contribution in [2.75, 3.05) is 13.2 Å². The fraction of sp³-hybridized carbons (Fsp3) is 0.440. The second-order valence-electron chi connectivity index (χ2n) is 9.37. The Balaban J connectivity index is 1.48. The van der Waals surface area contributed by atoms with Crippen molar-refractivity contribution in [1.82, 2.24) is 0 Å². The van der Waals surface area contributed by atoms with Gasteiger partial charge in [-0.25, -0.2) is 0 Å². The lowest BCUT2D eigenvalue weighted by Gasteiger charge is -2.41. The smallest absolute Gasteiger partial charge is 0.237 e.